The third kappa shape index (κ3) is 3.34. The minimum atomic E-state index is -0.0314. The third-order valence-corrected chi connectivity index (χ3v) is 2.72. The molecule has 1 aromatic rings. The monoisotopic (exact) mass is 231 g/mol. The van der Waals surface area contributed by atoms with Crippen molar-refractivity contribution in [3.05, 3.63) is 35.4 Å². The van der Waals surface area contributed by atoms with E-state index >= 15 is 0 Å². The van der Waals surface area contributed by atoms with Gasteiger partial charge in [0.15, 0.2) is 0 Å². The van der Waals surface area contributed by atoms with E-state index in [1.165, 1.54) is 0 Å². The molecule has 0 unspecified atom stereocenters. The molecule has 1 amide bonds. The summed E-state index contributed by atoms with van der Waals surface area (Å²) in [4.78, 5) is 11.5. The molecular formula is C14H17NO2. The van der Waals surface area contributed by atoms with Gasteiger partial charge in [-0.2, -0.15) is 0 Å². The molecule has 0 aromatic heterocycles. The van der Waals surface area contributed by atoms with Gasteiger partial charge in [0, 0.05) is 17.7 Å². The first kappa shape index (κ1) is 11.7. The summed E-state index contributed by atoms with van der Waals surface area (Å²) in [5.41, 5.74) is 2.08. The Kier molecular flexibility index (Phi) is 3.47. The summed E-state index contributed by atoms with van der Waals surface area (Å²) < 4.78 is 5.24. The predicted molar refractivity (Wildman–Crippen MR) is 67.9 cm³/mol. The second-order valence-corrected chi connectivity index (χ2v) is 4.36. The normalized spacial score (nSPS) is 14.9. The lowest BCUT2D eigenvalue weighted by Crippen LogP contribution is -2.22. The van der Waals surface area contributed by atoms with Crippen LogP contribution in [0.5, 0.6) is 5.75 Å². The maximum Gasteiger partial charge on any atom is 0.244 e. The number of carbonyl (C=O) groups excluding carboxylic acids is 1. The Balaban J connectivity index is 2.07. The number of amides is 1. The van der Waals surface area contributed by atoms with Crippen LogP contribution in [0, 0.1) is 6.92 Å². The highest BCUT2D eigenvalue weighted by Gasteiger charge is 2.22. The van der Waals surface area contributed by atoms with Crippen LogP contribution in [0.15, 0.2) is 24.3 Å². The molecule has 3 heteroatoms. The fourth-order valence-electron chi connectivity index (χ4n) is 1.63. The molecule has 0 bridgehead atoms. The summed E-state index contributed by atoms with van der Waals surface area (Å²) in [5.74, 6) is 0.752. The van der Waals surface area contributed by atoms with E-state index in [1.54, 1.807) is 19.3 Å². The van der Waals surface area contributed by atoms with Gasteiger partial charge in [-0.05, 0) is 38.0 Å². The minimum absolute atomic E-state index is 0.0314. The Morgan fingerprint density at radius 1 is 1.47 bits per heavy atom. The number of rotatable bonds is 4. The van der Waals surface area contributed by atoms with Gasteiger partial charge in [-0.1, -0.05) is 11.6 Å². The molecule has 1 fully saturated rings. The number of methoxy groups -OCH3 is 1. The Hall–Kier alpha value is -1.77. The molecule has 3 nitrogen and oxygen atoms in total. The zero-order valence-electron chi connectivity index (χ0n) is 10.2. The van der Waals surface area contributed by atoms with Crippen molar-refractivity contribution < 1.29 is 9.53 Å². The summed E-state index contributed by atoms with van der Waals surface area (Å²) in [6.07, 6.45) is 5.57. The fraction of sp³-hybridized carbons (Fsp3) is 0.357. The van der Waals surface area contributed by atoms with Crippen LogP contribution in [0.25, 0.3) is 6.08 Å². The number of aryl methyl sites for hydroxylation is 1. The average Bonchev–Trinajstić information content (AvgIpc) is 3.10. The summed E-state index contributed by atoms with van der Waals surface area (Å²) in [7, 11) is 1.63. The number of hydrogen-bond donors (Lipinski definition) is 1. The summed E-state index contributed by atoms with van der Waals surface area (Å²) in [6, 6.07) is 6.29. The van der Waals surface area contributed by atoms with Gasteiger partial charge < -0.3 is 10.1 Å². The Labute approximate surface area is 101 Å². The molecule has 0 spiro atoms. The van der Waals surface area contributed by atoms with Gasteiger partial charge in [0.05, 0.1) is 7.11 Å². The topological polar surface area (TPSA) is 38.3 Å². The smallest absolute Gasteiger partial charge is 0.244 e. The lowest BCUT2D eigenvalue weighted by molar-refractivity contribution is -0.116. The molecule has 17 heavy (non-hydrogen) atoms. The van der Waals surface area contributed by atoms with Gasteiger partial charge in [0.25, 0.3) is 0 Å². The van der Waals surface area contributed by atoms with Crippen molar-refractivity contribution in [1.29, 1.82) is 0 Å². The lowest BCUT2D eigenvalue weighted by Gasteiger charge is -2.05. The largest absolute Gasteiger partial charge is 0.496 e. The van der Waals surface area contributed by atoms with Gasteiger partial charge in [-0.25, -0.2) is 0 Å². The van der Waals surface area contributed by atoms with Crippen LogP contribution in [0.3, 0.4) is 0 Å². The number of hydrogen-bond acceptors (Lipinski definition) is 2. The molecule has 0 saturated heterocycles. The molecule has 1 aromatic carbocycles. The van der Waals surface area contributed by atoms with E-state index in [0.29, 0.717) is 6.04 Å². The van der Waals surface area contributed by atoms with Gasteiger partial charge in [-0.15, -0.1) is 0 Å². The number of ether oxygens (including phenoxy) is 1. The van der Waals surface area contributed by atoms with Gasteiger partial charge in [0.1, 0.15) is 5.75 Å². The van der Waals surface area contributed by atoms with Gasteiger partial charge in [0.2, 0.25) is 5.91 Å². The zero-order valence-corrected chi connectivity index (χ0v) is 10.2. The van der Waals surface area contributed by atoms with Crippen LogP contribution in [-0.2, 0) is 4.79 Å². The molecular weight excluding hydrogens is 214 g/mol. The van der Waals surface area contributed by atoms with Crippen LogP contribution >= 0.6 is 0 Å². The lowest BCUT2D eigenvalue weighted by atomic mass is 10.1. The first-order valence-electron chi connectivity index (χ1n) is 5.82. The highest BCUT2D eigenvalue weighted by Crippen LogP contribution is 2.21. The van der Waals surface area contributed by atoms with Crippen molar-refractivity contribution in [3.8, 4) is 5.75 Å². The quantitative estimate of drug-likeness (QED) is 0.807. The van der Waals surface area contributed by atoms with Crippen LogP contribution in [0.1, 0.15) is 24.0 Å². The number of benzene rings is 1. The molecule has 90 valence electrons. The third-order valence-electron chi connectivity index (χ3n) is 2.72. The van der Waals surface area contributed by atoms with Crippen LogP contribution in [-0.4, -0.2) is 19.1 Å². The highest BCUT2D eigenvalue weighted by atomic mass is 16.5. The van der Waals surface area contributed by atoms with E-state index in [9.17, 15) is 4.79 Å². The second kappa shape index (κ2) is 5.04. The Morgan fingerprint density at radius 3 is 2.88 bits per heavy atom. The van der Waals surface area contributed by atoms with Crippen LogP contribution in [0.4, 0.5) is 0 Å². The van der Waals surface area contributed by atoms with Crippen molar-refractivity contribution in [2.75, 3.05) is 7.11 Å². The van der Waals surface area contributed by atoms with Crippen molar-refractivity contribution in [1.82, 2.24) is 5.32 Å². The fourth-order valence-corrected chi connectivity index (χ4v) is 1.63. The van der Waals surface area contributed by atoms with E-state index in [4.69, 9.17) is 4.74 Å². The molecule has 1 aliphatic rings. The molecule has 0 radical (unpaired) electrons. The zero-order chi connectivity index (χ0) is 12.3. The summed E-state index contributed by atoms with van der Waals surface area (Å²) in [6.45, 7) is 2.01. The van der Waals surface area contributed by atoms with Crippen molar-refractivity contribution in [2.24, 2.45) is 0 Å². The SMILES string of the molecule is COc1ccc(C)cc1/C=C/C(=O)NC1CC1. The van der Waals surface area contributed by atoms with Crippen molar-refractivity contribution in [3.63, 3.8) is 0 Å². The first-order chi connectivity index (χ1) is 8.19. The minimum Gasteiger partial charge on any atom is -0.496 e. The first-order valence-corrected chi connectivity index (χ1v) is 5.82. The van der Waals surface area contributed by atoms with E-state index in [-0.39, 0.29) is 5.91 Å². The van der Waals surface area contributed by atoms with E-state index < -0.39 is 0 Å². The second-order valence-electron chi connectivity index (χ2n) is 4.36. The van der Waals surface area contributed by atoms with E-state index in [1.807, 2.05) is 25.1 Å². The predicted octanol–water partition coefficient (Wildman–Crippen LogP) is 2.30. The Bertz CT molecular complexity index is 448. The highest BCUT2D eigenvalue weighted by molar-refractivity contribution is 5.92. The molecule has 0 aliphatic heterocycles. The molecule has 1 N–H and O–H groups in total. The molecule has 1 aliphatic carbocycles. The molecule has 0 heterocycles. The summed E-state index contributed by atoms with van der Waals surface area (Å²) >= 11 is 0. The van der Waals surface area contributed by atoms with Gasteiger partial charge >= 0.3 is 0 Å². The maximum absolute atomic E-state index is 11.5. The van der Waals surface area contributed by atoms with Crippen molar-refractivity contribution >= 4 is 12.0 Å². The number of nitrogens with one attached hydrogen (secondary N) is 1. The van der Waals surface area contributed by atoms with Crippen molar-refractivity contribution in [2.45, 2.75) is 25.8 Å². The molecule has 0 atom stereocenters. The van der Waals surface area contributed by atoms with Crippen LogP contribution in [0.2, 0.25) is 0 Å². The van der Waals surface area contributed by atoms with E-state index in [2.05, 4.69) is 5.32 Å². The Morgan fingerprint density at radius 2 is 2.24 bits per heavy atom. The number of carbonyl (C=O) groups is 1. The molecule has 1 saturated carbocycles. The van der Waals surface area contributed by atoms with E-state index in [0.717, 1.165) is 29.7 Å². The molecule has 2 rings (SSSR count). The van der Waals surface area contributed by atoms with Crippen LogP contribution < -0.4 is 10.1 Å². The maximum atomic E-state index is 11.5. The summed E-state index contributed by atoms with van der Waals surface area (Å²) in [5, 5.41) is 2.91. The van der Waals surface area contributed by atoms with Gasteiger partial charge in [-0.3, -0.25) is 4.79 Å². The standard InChI is InChI=1S/C14H17NO2/c1-10-3-7-13(17-2)11(9-10)4-8-14(16)15-12-5-6-12/h3-4,7-9,12H,5-6H2,1-2H3,(H,15,16)/b8-4+. The average molecular weight is 231 g/mol.